The van der Waals surface area contributed by atoms with Crippen molar-refractivity contribution in [3.63, 3.8) is 0 Å². The summed E-state index contributed by atoms with van der Waals surface area (Å²) in [5.41, 5.74) is 1.90. The number of hydrogen-bond acceptors (Lipinski definition) is 5. The number of nitrogens with zero attached hydrogens (tertiary/aromatic N) is 6. The smallest absolute Gasteiger partial charge is 0.224 e. The van der Waals surface area contributed by atoms with Crippen LogP contribution in [0.3, 0.4) is 0 Å². The number of hydrogen-bond donors (Lipinski definition) is 0. The maximum absolute atomic E-state index is 13.1. The van der Waals surface area contributed by atoms with Crippen LogP contribution in [0.25, 0.3) is 0 Å². The van der Waals surface area contributed by atoms with Crippen molar-refractivity contribution < 1.29 is 9.59 Å². The molecular weight excluding hydrogens is 380 g/mol. The standard InChI is InChI=1S/C22H32N6O2/c1-17-23-18(2)28(24-17)13-10-22(30)26-15-14-25(4)11-7-12-27(19(3)29)21-9-6-5-8-20(21)16-26/h5-6,8-9H,7,10-16H2,1-4H3. The molecule has 8 nitrogen and oxygen atoms in total. The molecule has 2 aromatic rings. The van der Waals surface area contributed by atoms with Gasteiger partial charge in [0.15, 0.2) is 0 Å². The van der Waals surface area contributed by atoms with Crippen molar-refractivity contribution in [2.24, 2.45) is 0 Å². The van der Waals surface area contributed by atoms with Crippen LogP contribution in [-0.2, 0) is 22.7 Å². The molecule has 3 rings (SSSR count). The minimum absolute atomic E-state index is 0.0271. The summed E-state index contributed by atoms with van der Waals surface area (Å²) >= 11 is 0. The quantitative estimate of drug-likeness (QED) is 0.771. The maximum Gasteiger partial charge on any atom is 0.224 e. The first-order valence-electron chi connectivity index (χ1n) is 10.6. The fourth-order valence-corrected chi connectivity index (χ4v) is 3.89. The lowest BCUT2D eigenvalue weighted by molar-refractivity contribution is -0.132. The number of aryl methyl sites for hydroxylation is 3. The van der Waals surface area contributed by atoms with E-state index in [1.165, 1.54) is 0 Å². The first-order chi connectivity index (χ1) is 14.3. The summed E-state index contributed by atoms with van der Waals surface area (Å²) in [4.78, 5) is 35.7. The van der Waals surface area contributed by atoms with Crippen LogP contribution >= 0.6 is 0 Å². The van der Waals surface area contributed by atoms with Crippen molar-refractivity contribution in [1.29, 1.82) is 0 Å². The normalized spacial score (nSPS) is 16.1. The van der Waals surface area contributed by atoms with Crippen molar-refractivity contribution in [2.75, 3.05) is 38.1 Å². The van der Waals surface area contributed by atoms with Crippen LogP contribution in [0, 0.1) is 13.8 Å². The minimum Gasteiger partial charge on any atom is -0.337 e. The van der Waals surface area contributed by atoms with Gasteiger partial charge in [-0.1, -0.05) is 18.2 Å². The molecule has 1 aliphatic rings. The number of amides is 2. The van der Waals surface area contributed by atoms with Crippen LogP contribution < -0.4 is 4.90 Å². The molecule has 1 aromatic heterocycles. The fourth-order valence-electron chi connectivity index (χ4n) is 3.89. The molecule has 0 atom stereocenters. The number of rotatable bonds is 3. The van der Waals surface area contributed by atoms with E-state index in [-0.39, 0.29) is 11.8 Å². The molecule has 0 spiro atoms. The summed E-state index contributed by atoms with van der Waals surface area (Å²) in [7, 11) is 2.06. The predicted molar refractivity (Wildman–Crippen MR) is 116 cm³/mol. The second-order valence-corrected chi connectivity index (χ2v) is 7.95. The highest BCUT2D eigenvalue weighted by Gasteiger charge is 2.21. The Morgan fingerprint density at radius 1 is 1.07 bits per heavy atom. The van der Waals surface area contributed by atoms with Crippen molar-refractivity contribution >= 4 is 17.5 Å². The number of para-hydroxylation sites is 1. The van der Waals surface area contributed by atoms with Crippen molar-refractivity contribution in [1.82, 2.24) is 24.6 Å². The minimum atomic E-state index is 0.0271. The van der Waals surface area contributed by atoms with E-state index in [1.54, 1.807) is 11.6 Å². The highest BCUT2D eigenvalue weighted by molar-refractivity contribution is 5.92. The van der Waals surface area contributed by atoms with Crippen LogP contribution in [0.4, 0.5) is 5.69 Å². The Labute approximate surface area is 178 Å². The van der Waals surface area contributed by atoms with Crippen molar-refractivity contribution in [2.45, 2.75) is 46.7 Å². The molecule has 162 valence electrons. The van der Waals surface area contributed by atoms with Gasteiger partial charge in [0.25, 0.3) is 0 Å². The number of carbonyl (C=O) groups excluding carboxylic acids is 2. The van der Waals surface area contributed by atoms with Crippen LogP contribution in [0.5, 0.6) is 0 Å². The molecule has 0 bridgehead atoms. The third-order valence-electron chi connectivity index (χ3n) is 5.55. The van der Waals surface area contributed by atoms with Crippen molar-refractivity contribution in [3.8, 4) is 0 Å². The van der Waals surface area contributed by atoms with Gasteiger partial charge in [-0.05, 0) is 45.5 Å². The van der Waals surface area contributed by atoms with E-state index in [0.29, 0.717) is 32.6 Å². The third kappa shape index (κ3) is 5.44. The molecule has 0 fully saturated rings. The number of benzene rings is 1. The van der Waals surface area contributed by atoms with E-state index >= 15 is 0 Å². The second kappa shape index (κ2) is 9.84. The Kier molecular flexibility index (Phi) is 7.20. The number of aromatic nitrogens is 3. The molecule has 1 aliphatic heterocycles. The van der Waals surface area contributed by atoms with Crippen LogP contribution in [0.1, 0.15) is 37.0 Å². The van der Waals surface area contributed by atoms with Crippen LogP contribution in [0.15, 0.2) is 24.3 Å². The topological polar surface area (TPSA) is 74.6 Å². The van der Waals surface area contributed by atoms with Gasteiger partial charge in [-0.2, -0.15) is 5.10 Å². The van der Waals surface area contributed by atoms with Gasteiger partial charge >= 0.3 is 0 Å². The highest BCUT2D eigenvalue weighted by atomic mass is 16.2. The highest BCUT2D eigenvalue weighted by Crippen LogP contribution is 2.23. The maximum atomic E-state index is 13.1. The molecule has 0 saturated carbocycles. The Morgan fingerprint density at radius 2 is 1.83 bits per heavy atom. The largest absolute Gasteiger partial charge is 0.337 e. The van der Waals surface area contributed by atoms with Crippen molar-refractivity contribution in [3.05, 3.63) is 41.5 Å². The predicted octanol–water partition coefficient (Wildman–Crippen LogP) is 2.00. The second-order valence-electron chi connectivity index (χ2n) is 7.95. The summed E-state index contributed by atoms with van der Waals surface area (Å²) in [5, 5.41) is 4.36. The molecule has 30 heavy (non-hydrogen) atoms. The van der Waals surface area contributed by atoms with Gasteiger partial charge in [0, 0.05) is 45.2 Å². The van der Waals surface area contributed by atoms with Crippen LogP contribution in [0.2, 0.25) is 0 Å². The Morgan fingerprint density at radius 3 is 2.53 bits per heavy atom. The first-order valence-corrected chi connectivity index (χ1v) is 10.6. The number of anilines is 1. The number of likely N-dealkylation sites (N-methyl/N-ethyl adjacent to an activating group) is 1. The molecule has 0 aliphatic carbocycles. The van der Waals surface area contributed by atoms with Gasteiger partial charge < -0.3 is 14.7 Å². The molecular formula is C22H32N6O2. The van der Waals surface area contributed by atoms with Gasteiger partial charge in [0.05, 0.1) is 6.54 Å². The molecule has 0 unspecified atom stereocenters. The molecule has 0 N–H and O–H groups in total. The van der Waals surface area contributed by atoms with E-state index in [0.717, 1.165) is 42.4 Å². The monoisotopic (exact) mass is 412 g/mol. The third-order valence-corrected chi connectivity index (χ3v) is 5.55. The summed E-state index contributed by atoms with van der Waals surface area (Å²) < 4.78 is 1.79. The SMILES string of the molecule is CC(=O)N1CCCN(C)CCN(C(=O)CCn2nc(C)nc2C)Cc2ccccc21. The molecule has 0 radical (unpaired) electrons. The lowest BCUT2D eigenvalue weighted by Crippen LogP contribution is -2.37. The van der Waals surface area contributed by atoms with Gasteiger partial charge in [0.2, 0.25) is 11.8 Å². The number of carbonyl (C=O) groups is 2. The lowest BCUT2D eigenvalue weighted by Gasteiger charge is -2.27. The van der Waals surface area contributed by atoms with Gasteiger partial charge in [-0.3, -0.25) is 9.59 Å². The van der Waals surface area contributed by atoms with Gasteiger partial charge in [-0.15, -0.1) is 0 Å². The average Bonchev–Trinajstić information content (AvgIpc) is 3.02. The zero-order chi connectivity index (χ0) is 21.7. The van der Waals surface area contributed by atoms with Gasteiger partial charge in [0.1, 0.15) is 11.6 Å². The average molecular weight is 413 g/mol. The summed E-state index contributed by atoms with van der Waals surface area (Å²) in [5.74, 6) is 1.65. The fraction of sp³-hybridized carbons (Fsp3) is 0.545. The Balaban J connectivity index is 1.81. The Bertz CT molecular complexity index is 894. The molecule has 2 heterocycles. The molecule has 2 amide bonds. The zero-order valence-corrected chi connectivity index (χ0v) is 18.5. The van der Waals surface area contributed by atoms with E-state index in [4.69, 9.17) is 0 Å². The van der Waals surface area contributed by atoms with E-state index in [1.807, 2.05) is 47.9 Å². The first kappa shape index (κ1) is 22.0. The summed E-state index contributed by atoms with van der Waals surface area (Å²) in [6.07, 6.45) is 1.26. The number of fused-ring (bicyclic) bond motifs is 1. The van der Waals surface area contributed by atoms with Crippen LogP contribution in [-0.4, -0.2) is 69.6 Å². The van der Waals surface area contributed by atoms with E-state index < -0.39 is 0 Å². The summed E-state index contributed by atoms with van der Waals surface area (Å²) in [6, 6.07) is 7.90. The lowest BCUT2D eigenvalue weighted by atomic mass is 10.1. The zero-order valence-electron chi connectivity index (χ0n) is 18.5. The Hall–Kier alpha value is -2.74. The molecule has 0 saturated heterocycles. The van der Waals surface area contributed by atoms with Gasteiger partial charge in [-0.25, -0.2) is 9.67 Å². The summed E-state index contributed by atoms with van der Waals surface area (Å²) in [6.45, 7) is 9.37. The van der Waals surface area contributed by atoms with E-state index in [9.17, 15) is 9.59 Å². The molecule has 8 heteroatoms. The van der Waals surface area contributed by atoms with E-state index in [2.05, 4.69) is 22.0 Å². The molecule has 1 aromatic carbocycles.